The molecule has 0 radical (unpaired) electrons. The average Bonchev–Trinajstić information content (AvgIpc) is 2.40. The number of ether oxygens (including phenoxy) is 1. The Bertz CT molecular complexity index is 388. The molecule has 0 amide bonds. The highest BCUT2D eigenvalue weighted by Crippen LogP contribution is 2.25. The molecule has 1 atom stereocenters. The van der Waals surface area contributed by atoms with Crippen molar-refractivity contribution in [2.24, 2.45) is 0 Å². The van der Waals surface area contributed by atoms with Gasteiger partial charge in [0.25, 0.3) is 0 Å². The predicted molar refractivity (Wildman–Crippen MR) is 71.4 cm³/mol. The van der Waals surface area contributed by atoms with E-state index in [9.17, 15) is 4.39 Å². The largest absolute Gasteiger partial charge is 0.494 e. The Balaban J connectivity index is 2.01. The van der Waals surface area contributed by atoms with Gasteiger partial charge in [-0.05, 0) is 37.5 Å². The summed E-state index contributed by atoms with van der Waals surface area (Å²) in [6.45, 7) is 2.13. The third-order valence-electron chi connectivity index (χ3n) is 3.77. The van der Waals surface area contributed by atoms with Gasteiger partial charge in [0.15, 0.2) is 11.6 Å². The van der Waals surface area contributed by atoms with Gasteiger partial charge in [0, 0.05) is 12.1 Å². The van der Waals surface area contributed by atoms with Crippen molar-refractivity contribution in [3.05, 3.63) is 29.6 Å². The molecule has 0 aliphatic heterocycles. The zero-order valence-corrected chi connectivity index (χ0v) is 11.2. The smallest absolute Gasteiger partial charge is 0.165 e. The molecule has 3 heteroatoms. The molecule has 1 aromatic rings. The van der Waals surface area contributed by atoms with E-state index in [-0.39, 0.29) is 11.9 Å². The fraction of sp³-hybridized carbons (Fsp3) is 0.600. The van der Waals surface area contributed by atoms with Crippen molar-refractivity contribution in [1.29, 1.82) is 0 Å². The summed E-state index contributed by atoms with van der Waals surface area (Å²) < 4.78 is 18.4. The number of hydrogen-bond donors (Lipinski definition) is 1. The summed E-state index contributed by atoms with van der Waals surface area (Å²) in [5, 5.41) is 3.63. The fourth-order valence-corrected chi connectivity index (χ4v) is 2.66. The van der Waals surface area contributed by atoms with Crippen molar-refractivity contribution >= 4 is 0 Å². The van der Waals surface area contributed by atoms with Gasteiger partial charge in [0.05, 0.1) is 7.11 Å². The Hall–Kier alpha value is -1.09. The SMILES string of the molecule is COc1cc(C(C)NC2CCCCC2)ccc1F. The summed E-state index contributed by atoms with van der Waals surface area (Å²) in [6, 6.07) is 5.94. The molecule has 1 fully saturated rings. The Kier molecular flexibility index (Phi) is 4.59. The zero-order chi connectivity index (χ0) is 13.0. The third kappa shape index (κ3) is 3.22. The van der Waals surface area contributed by atoms with Crippen molar-refractivity contribution in [3.63, 3.8) is 0 Å². The second-order valence-electron chi connectivity index (χ2n) is 5.12. The molecule has 0 aromatic heterocycles. The molecular weight excluding hydrogens is 229 g/mol. The van der Waals surface area contributed by atoms with Gasteiger partial charge in [0.1, 0.15) is 0 Å². The Morgan fingerprint density at radius 2 is 2.00 bits per heavy atom. The van der Waals surface area contributed by atoms with Crippen molar-refractivity contribution in [1.82, 2.24) is 5.32 Å². The molecule has 0 spiro atoms. The van der Waals surface area contributed by atoms with Crippen molar-refractivity contribution in [3.8, 4) is 5.75 Å². The first-order valence-corrected chi connectivity index (χ1v) is 6.80. The van der Waals surface area contributed by atoms with Gasteiger partial charge in [-0.15, -0.1) is 0 Å². The highest BCUT2D eigenvalue weighted by Gasteiger charge is 2.17. The van der Waals surface area contributed by atoms with Crippen LogP contribution < -0.4 is 10.1 Å². The van der Waals surface area contributed by atoms with Gasteiger partial charge in [-0.1, -0.05) is 25.3 Å². The number of benzene rings is 1. The molecule has 0 saturated heterocycles. The van der Waals surface area contributed by atoms with E-state index >= 15 is 0 Å². The van der Waals surface area contributed by atoms with Crippen LogP contribution in [0, 0.1) is 5.82 Å². The first kappa shape index (κ1) is 13.3. The lowest BCUT2D eigenvalue weighted by atomic mass is 9.94. The lowest BCUT2D eigenvalue weighted by Crippen LogP contribution is -2.33. The zero-order valence-electron chi connectivity index (χ0n) is 11.2. The Morgan fingerprint density at radius 3 is 2.67 bits per heavy atom. The van der Waals surface area contributed by atoms with E-state index in [0.717, 1.165) is 5.56 Å². The average molecular weight is 251 g/mol. The summed E-state index contributed by atoms with van der Waals surface area (Å²) in [5.74, 6) is 0.0240. The van der Waals surface area contributed by atoms with Crippen LogP contribution in [0.3, 0.4) is 0 Å². The van der Waals surface area contributed by atoms with Crippen LogP contribution in [0.5, 0.6) is 5.75 Å². The molecular formula is C15H22FNO. The molecule has 2 rings (SSSR count). The second-order valence-corrected chi connectivity index (χ2v) is 5.12. The topological polar surface area (TPSA) is 21.3 Å². The number of hydrogen-bond acceptors (Lipinski definition) is 2. The number of rotatable bonds is 4. The lowest BCUT2D eigenvalue weighted by Gasteiger charge is -2.27. The van der Waals surface area contributed by atoms with Gasteiger partial charge >= 0.3 is 0 Å². The minimum Gasteiger partial charge on any atom is -0.494 e. The van der Waals surface area contributed by atoms with Crippen LogP contribution in [0.1, 0.15) is 50.6 Å². The van der Waals surface area contributed by atoms with Crippen LogP contribution in [0.4, 0.5) is 4.39 Å². The van der Waals surface area contributed by atoms with Crippen LogP contribution in [0.2, 0.25) is 0 Å². The van der Waals surface area contributed by atoms with E-state index in [1.54, 1.807) is 6.07 Å². The summed E-state index contributed by atoms with van der Waals surface area (Å²) in [4.78, 5) is 0. The van der Waals surface area contributed by atoms with E-state index in [1.807, 2.05) is 6.07 Å². The van der Waals surface area contributed by atoms with Gasteiger partial charge < -0.3 is 10.1 Å². The summed E-state index contributed by atoms with van der Waals surface area (Å²) in [5.41, 5.74) is 1.08. The van der Waals surface area contributed by atoms with E-state index in [1.165, 1.54) is 45.3 Å². The Labute approximate surface area is 109 Å². The number of nitrogens with one attached hydrogen (secondary N) is 1. The van der Waals surface area contributed by atoms with Crippen LogP contribution in [0.15, 0.2) is 18.2 Å². The maximum atomic E-state index is 13.3. The van der Waals surface area contributed by atoms with Gasteiger partial charge in [-0.2, -0.15) is 0 Å². The molecule has 1 saturated carbocycles. The first-order valence-electron chi connectivity index (χ1n) is 6.80. The molecule has 1 N–H and O–H groups in total. The van der Waals surface area contributed by atoms with Crippen molar-refractivity contribution < 1.29 is 9.13 Å². The monoisotopic (exact) mass is 251 g/mol. The van der Waals surface area contributed by atoms with Crippen molar-refractivity contribution in [2.75, 3.05) is 7.11 Å². The second kappa shape index (κ2) is 6.19. The van der Waals surface area contributed by atoms with Gasteiger partial charge in [0.2, 0.25) is 0 Å². The maximum absolute atomic E-state index is 13.3. The van der Waals surface area contributed by atoms with Crippen LogP contribution in [-0.2, 0) is 0 Å². The Morgan fingerprint density at radius 1 is 1.28 bits per heavy atom. The molecule has 18 heavy (non-hydrogen) atoms. The number of halogens is 1. The van der Waals surface area contributed by atoms with Crippen LogP contribution >= 0.6 is 0 Å². The molecule has 0 bridgehead atoms. The van der Waals surface area contributed by atoms with E-state index in [0.29, 0.717) is 11.8 Å². The molecule has 1 unspecified atom stereocenters. The first-order chi connectivity index (χ1) is 8.70. The normalized spacial score (nSPS) is 18.6. The van der Waals surface area contributed by atoms with Crippen molar-refractivity contribution in [2.45, 2.75) is 51.1 Å². The van der Waals surface area contributed by atoms with Crippen LogP contribution in [0.25, 0.3) is 0 Å². The third-order valence-corrected chi connectivity index (χ3v) is 3.77. The molecule has 1 aliphatic rings. The summed E-state index contributed by atoms with van der Waals surface area (Å²) in [7, 11) is 1.50. The van der Waals surface area contributed by atoms with E-state index in [2.05, 4.69) is 12.2 Å². The lowest BCUT2D eigenvalue weighted by molar-refractivity contribution is 0.345. The van der Waals surface area contributed by atoms with Gasteiger partial charge in [-0.25, -0.2) is 4.39 Å². The van der Waals surface area contributed by atoms with Gasteiger partial charge in [-0.3, -0.25) is 0 Å². The minimum atomic E-state index is -0.300. The highest BCUT2D eigenvalue weighted by molar-refractivity contribution is 5.31. The number of methoxy groups -OCH3 is 1. The molecule has 1 aromatic carbocycles. The standard InChI is InChI=1S/C15H22FNO/c1-11(17-13-6-4-3-5-7-13)12-8-9-14(16)15(10-12)18-2/h8-11,13,17H,3-7H2,1-2H3. The van der Waals surface area contributed by atoms with E-state index < -0.39 is 0 Å². The van der Waals surface area contributed by atoms with Crippen LogP contribution in [-0.4, -0.2) is 13.2 Å². The predicted octanol–water partition coefficient (Wildman–Crippen LogP) is 3.82. The molecule has 2 nitrogen and oxygen atoms in total. The maximum Gasteiger partial charge on any atom is 0.165 e. The minimum absolute atomic E-state index is 0.239. The fourth-order valence-electron chi connectivity index (χ4n) is 2.66. The quantitative estimate of drug-likeness (QED) is 0.878. The highest BCUT2D eigenvalue weighted by atomic mass is 19.1. The molecule has 100 valence electrons. The van der Waals surface area contributed by atoms with E-state index in [4.69, 9.17) is 4.74 Å². The summed E-state index contributed by atoms with van der Waals surface area (Å²) >= 11 is 0. The molecule has 1 aliphatic carbocycles. The molecule has 0 heterocycles. The summed E-state index contributed by atoms with van der Waals surface area (Å²) in [6.07, 6.45) is 6.50.